The van der Waals surface area contributed by atoms with Crippen molar-refractivity contribution >= 4 is 22.6 Å². The molecule has 0 N–H and O–H groups in total. The maximum absolute atomic E-state index is 11.6. The number of esters is 1. The summed E-state index contributed by atoms with van der Waals surface area (Å²) in [6.45, 7) is 2.66. The number of hydrogen-bond acceptors (Lipinski definition) is 6. The van der Waals surface area contributed by atoms with Gasteiger partial charge in [0.05, 0.1) is 38.0 Å². The highest BCUT2D eigenvalue weighted by atomic mass is 16.5. The van der Waals surface area contributed by atoms with E-state index in [2.05, 4.69) is 9.88 Å². The molecule has 6 nitrogen and oxygen atoms in total. The predicted octanol–water partition coefficient (Wildman–Crippen LogP) is 2.05. The first-order valence-corrected chi connectivity index (χ1v) is 7.88. The smallest absolute Gasteiger partial charge is 0.311 e. The summed E-state index contributed by atoms with van der Waals surface area (Å²) in [5, 5.41) is 1.04. The van der Waals surface area contributed by atoms with Gasteiger partial charge in [0.1, 0.15) is 0 Å². The summed E-state index contributed by atoms with van der Waals surface area (Å²) in [6, 6.07) is 9.86. The Labute approximate surface area is 142 Å². The fourth-order valence-electron chi connectivity index (χ4n) is 2.54. The van der Waals surface area contributed by atoms with Crippen LogP contribution >= 0.6 is 0 Å². The third kappa shape index (κ3) is 4.66. The van der Waals surface area contributed by atoms with E-state index in [0.717, 1.165) is 29.7 Å². The number of hydrogen-bond donors (Lipinski definition) is 0. The van der Waals surface area contributed by atoms with Gasteiger partial charge in [-0.2, -0.15) is 0 Å². The van der Waals surface area contributed by atoms with E-state index in [4.69, 9.17) is 14.2 Å². The van der Waals surface area contributed by atoms with Crippen molar-refractivity contribution in [2.75, 3.05) is 52.5 Å². The van der Waals surface area contributed by atoms with Gasteiger partial charge >= 0.3 is 5.97 Å². The number of rotatable bonds is 9. The normalized spacial score (nSPS) is 10.8. The number of aromatic nitrogens is 1. The van der Waals surface area contributed by atoms with Crippen molar-refractivity contribution in [2.45, 2.75) is 6.42 Å². The fraction of sp³-hybridized carbons (Fsp3) is 0.444. The number of nitrogens with zero attached hydrogens (tertiary/aromatic N) is 2. The van der Waals surface area contributed by atoms with E-state index in [1.165, 1.54) is 7.11 Å². The molecule has 0 bridgehead atoms. The van der Waals surface area contributed by atoms with Crippen LogP contribution in [0.15, 0.2) is 30.3 Å². The molecule has 1 aromatic heterocycles. The number of anilines is 1. The van der Waals surface area contributed by atoms with Crippen LogP contribution in [0.5, 0.6) is 0 Å². The topological polar surface area (TPSA) is 60.9 Å². The fourth-order valence-corrected chi connectivity index (χ4v) is 2.54. The minimum Gasteiger partial charge on any atom is -0.469 e. The van der Waals surface area contributed by atoms with Gasteiger partial charge in [-0.15, -0.1) is 0 Å². The SMILES string of the molecule is COCCN(CCOC)c1cc(CC(=O)OC)nc2ccccc12. The first-order chi connectivity index (χ1) is 11.7. The van der Waals surface area contributed by atoms with Gasteiger partial charge in [-0.3, -0.25) is 9.78 Å². The van der Waals surface area contributed by atoms with Gasteiger partial charge in [0.2, 0.25) is 0 Å². The number of carbonyl (C=O) groups excluding carboxylic acids is 1. The highest BCUT2D eigenvalue weighted by molar-refractivity contribution is 5.92. The van der Waals surface area contributed by atoms with E-state index in [0.29, 0.717) is 18.9 Å². The van der Waals surface area contributed by atoms with Crippen molar-refractivity contribution in [3.8, 4) is 0 Å². The number of pyridine rings is 1. The lowest BCUT2D eigenvalue weighted by atomic mass is 10.1. The van der Waals surface area contributed by atoms with Crippen molar-refractivity contribution < 1.29 is 19.0 Å². The lowest BCUT2D eigenvalue weighted by Crippen LogP contribution is -2.31. The van der Waals surface area contributed by atoms with Crippen LogP contribution in [0.4, 0.5) is 5.69 Å². The summed E-state index contributed by atoms with van der Waals surface area (Å²) >= 11 is 0. The summed E-state index contributed by atoms with van der Waals surface area (Å²) in [6.07, 6.45) is 0.150. The molecule has 1 heterocycles. The highest BCUT2D eigenvalue weighted by Crippen LogP contribution is 2.27. The zero-order valence-corrected chi connectivity index (χ0v) is 14.4. The number of para-hydroxylation sites is 1. The van der Waals surface area contributed by atoms with Crippen LogP contribution in [0.25, 0.3) is 10.9 Å². The van der Waals surface area contributed by atoms with Crippen LogP contribution < -0.4 is 4.90 Å². The summed E-state index contributed by atoms with van der Waals surface area (Å²) in [5.41, 5.74) is 2.57. The first kappa shape index (κ1) is 18.2. The zero-order chi connectivity index (χ0) is 17.4. The summed E-state index contributed by atoms with van der Waals surface area (Å²) in [4.78, 5) is 18.4. The molecule has 0 aliphatic rings. The molecule has 0 saturated carbocycles. The highest BCUT2D eigenvalue weighted by Gasteiger charge is 2.14. The third-order valence-electron chi connectivity index (χ3n) is 3.77. The molecule has 1 aromatic carbocycles. The molecule has 0 fully saturated rings. The maximum atomic E-state index is 11.6. The van der Waals surface area contributed by atoms with Crippen molar-refractivity contribution in [1.29, 1.82) is 0 Å². The molecular formula is C18H24N2O4. The van der Waals surface area contributed by atoms with Crippen molar-refractivity contribution in [2.24, 2.45) is 0 Å². The summed E-state index contributed by atoms with van der Waals surface area (Å²) in [7, 11) is 4.75. The molecule has 24 heavy (non-hydrogen) atoms. The number of carbonyl (C=O) groups is 1. The monoisotopic (exact) mass is 332 g/mol. The van der Waals surface area contributed by atoms with Crippen molar-refractivity contribution in [3.05, 3.63) is 36.0 Å². The lowest BCUT2D eigenvalue weighted by molar-refractivity contribution is -0.139. The molecule has 6 heteroatoms. The molecule has 0 aliphatic heterocycles. The molecule has 0 amide bonds. The van der Waals surface area contributed by atoms with E-state index in [1.807, 2.05) is 30.3 Å². The van der Waals surface area contributed by atoms with Crippen LogP contribution in [0.3, 0.4) is 0 Å². The standard InChI is InChI=1S/C18H24N2O4/c1-22-10-8-20(9-11-23-2)17-12-14(13-18(21)24-3)19-16-7-5-4-6-15(16)17/h4-7,12H,8-11,13H2,1-3H3. The Hall–Kier alpha value is -2.18. The Morgan fingerprint density at radius 2 is 1.75 bits per heavy atom. The maximum Gasteiger partial charge on any atom is 0.311 e. The molecule has 0 spiro atoms. The Morgan fingerprint density at radius 3 is 2.38 bits per heavy atom. The minimum atomic E-state index is -0.302. The van der Waals surface area contributed by atoms with Gasteiger partial charge < -0.3 is 19.1 Å². The number of fused-ring (bicyclic) bond motifs is 1. The van der Waals surface area contributed by atoms with Crippen molar-refractivity contribution in [1.82, 2.24) is 4.98 Å². The summed E-state index contributed by atoms with van der Waals surface area (Å²) in [5.74, 6) is -0.302. The van der Waals surface area contributed by atoms with E-state index in [-0.39, 0.29) is 12.4 Å². The van der Waals surface area contributed by atoms with Gasteiger partial charge in [-0.1, -0.05) is 18.2 Å². The average Bonchev–Trinajstić information content (AvgIpc) is 2.61. The Balaban J connectivity index is 2.44. The molecular weight excluding hydrogens is 308 g/mol. The molecule has 0 saturated heterocycles. The molecule has 0 atom stereocenters. The Morgan fingerprint density at radius 1 is 1.08 bits per heavy atom. The van der Waals surface area contributed by atoms with Crippen LogP contribution in [0, 0.1) is 0 Å². The Bertz CT molecular complexity index is 667. The number of ether oxygens (including phenoxy) is 3. The number of benzene rings is 1. The third-order valence-corrected chi connectivity index (χ3v) is 3.77. The lowest BCUT2D eigenvalue weighted by Gasteiger charge is -2.26. The molecule has 2 rings (SSSR count). The quantitative estimate of drug-likeness (QED) is 0.655. The van der Waals surface area contributed by atoms with Crippen LogP contribution in [0.1, 0.15) is 5.69 Å². The van der Waals surface area contributed by atoms with Gasteiger partial charge in [0.25, 0.3) is 0 Å². The number of methoxy groups -OCH3 is 3. The average molecular weight is 332 g/mol. The largest absolute Gasteiger partial charge is 0.469 e. The minimum absolute atomic E-state index is 0.150. The molecule has 0 radical (unpaired) electrons. The van der Waals surface area contributed by atoms with Crippen LogP contribution in [0.2, 0.25) is 0 Å². The van der Waals surface area contributed by atoms with Crippen molar-refractivity contribution in [3.63, 3.8) is 0 Å². The van der Waals surface area contributed by atoms with Gasteiger partial charge in [-0.25, -0.2) is 0 Å². The predicted molar refractivity (Wildman–Crippen MR) is 93.4 cm³/mol. The molecule has 2 aromatic rings. The molecule has 0 unspecified atom stereocenters. The zero-order valence-electron chi connectivity index (χ0n) is 14.4. The van der Waals surface area contributed by atoms with Crippen LogP contribution in [-0.2, 0) is 25.4 Å². The second-order valence-corrected chi connectivity index (χ2v) is 5.38. The van der Waals surface area contributed by atoms with E-state index >= 15 is 0 Å². The Kier molecular flexibility index (Phi) is 6.96. The van der Waals surface area contributed by atoms with E-state index in [1.54, 1.807) is 14.2 Å². The van der Waals surface area contributed by atoms with E-state index < -0.39 is 0 Å². The van der Waals surface area contributed by atoms with Gasteiger partial charge in [-0.05, 0) is 12.1 Å². The second-order valence-electron chi connectivity index (χ2n) is 5.38. The molecule has 130 valence electrons. The first-order valence-electron chi connectivity index (χ1n) is 7.88. The molecule has 0 aliphatic carbocycles. The van der Waals surface area contributed by atoms with Gasteiger partial charge in [0, 0.05) is 38.4 Å². The van der Waals surface area contributed by atoms with Gasteiger partial charge in [0.15, 0.2) is 0 Å². The van der Waals surface area contributed by atoms with Crippen LogP contribution in [-0.4, -0.2) is 58.6 Å². The second kappa shape index (κ2) is 9.20. The summed E-state index contributed by atoms with van der Waals surface area (Å²) < 4.78 is 15.2. The van der Waals surface area contributed by atoms with E-state index in [9.17, 15) is 4.79 Å².